The molecule has 0 atom stereocenters. The Hall–Kier alpha value is -1.58. The number of carbonyl (C=O) groups is 1. The van der Waals surface area contributed by atoms with Crippen molar-refractivity contribution in [2.24, 2.45) is 0 Å². The molecule has 0 aromatic carbocycles. The second-order valence-corrected chi connectivity index (χ2v) is 3.41. The van der Waals surface area contributed by atoms with Gasteiger partial charge in [-0.1, -0.05) is 0 Å². The molecule has 0 fully saturated rings. The normalized spacial score (nSPS) is 10.0. The minimum atomic E-state index is -0.0867. The number of aromatic nitrogens is 1. The van der Waals surface area contributed by atoms with Gasteiger partial charge in [0.15, 0.2) is 0 Å². The van der Waals surface area contributed by atoms with E-state index in [0.717, 1.165) is 5.82 Å². The SMILES string of the molecule is CC(=O)Nc1ccc(NC(C)C)nc1. The van der Waals surface area contributed by atoms with Gasteiger partial charge in [0.2, 0.25) is 5.91 Å². The van der Waals surface area contributed by atoms with E-state index >= 15 is 0 Å². The topological polar surface area (TPSA) is 54.0 Å². The molecule has 1 aromatic heterocycles. The summed E-state index contributed by atoms with van der Waals surface area (Å²) < 4.78 is 0. The zero-order valence-electron chi connectivity index (χ0n) is 8.66. The van der Waals surface area contributed by atoms with E-state index in [4.69, 9.17) is 0 Å². The van der Waals surface area contributed by atoms with Crippen LogP contribution in [0.4, 0.5) is 11.5 Å². The Morgan fingerprint density at radius 3 is 2.57 bits per heavy atom. The van der Waals surface area contributed by atoms with Gasteiger partial charge in [-0.25, -0.2) is 4.98 Å². The fourth-order valence-corrected chi connectivity index (χ4v) is 1.05. The number of pyridine rings is 1. The number of hydrogen-bond acceptors (Lipinski definition) is 3. The highest BCUT2D eigenvalue weighted by Gasteiger charge is 1.98. The quantitative estimate of drug-likeness (QED) is 0.770. The molecular formula is C10H15N3O. The Balaban J connectivity index is 2.63. The molecule has 76 valence electrons. The van der Waals surface area contributed by atoms with Crippen LogP contribution in [0, 0.1) is 0 Å². The van der Waals surface area contributed by atoms with E-state index < -0.39 is 0 Å². The van der Waals surface area contributed by atoms with E-state index in [0.29, 0.717) is 11.7 Å². The molecule has 1 rings (SSSR count). The van der Waals surface area contributed by atoms with Crippen LogP contribution in [0.15, 0.2) is 18.3 Å². The average Bonchev–Trinajstić information content (AvgIpc) is 2.06. The van der Waals surface area contributed by atoms with Gasteiger partial charge in [-0.05, 0) is 26.0 Å². The molecule has 0 bridgehead atoms. The van der Waals surface area contributed by atoms with Crippen LogP contribution in [0.3, 0.4) is 0 Å². The van der Waals surface area contributed by atoms with Crippen molar-refractivity contribution < 1.29 is 4.79 Å². The third-order valence-corrected chi connectivity index (χ3v) is 1.52. The summed E-state index contributed by atoms with van der Waals surface area (Å²) in [7, 11) is 0. The first kappa shape index (κ1) is 10.5. The molecule has 0 radical (unpaired) electrons. The van der Waals surface area contributed by atoms with Crippen LogP contribution in [0.5, 0.6) is 0 Å². The monoisotopic (exact) mass is 193 g/mol. The van der Waals surface area contributed by atoms with E-state index in [1.165, 1.54) is 6.92 Å². The smallest absolute Gasteiger partial charge is 0.221 e. The van der Waals surface area contributed by atoms with Crippen LogP contribution in [-0.2, 0) is 4.79 Å². The molecule has 0 aliphatic heterocycles. The van der Waals surface area contributed by atoms with Gasteiger partial charge >= 0.3 is 0 Å². The Labute approximate surface area is 83.7 Å². The molecule has 14 heavy (non-hydrogen) atoms. The molecule has 0 spiro atoms. The summed E-state index contributed by atoms with van der Waals surface area (Å²) in [6.07, 6.45) is 1.63. The largest absolute Gasteiger partial charge is 0.368 e. The molecule has 0 aliphatic rings. The second-order valence-electron chi connectivity index (χ2n) is 3.41. The molecule has 1 amide bonds. The number of nitrogens with one attached hydrogen (secondary N) is 2. The van der Waals surface area contributed by atoms with Gasteiger partial charge in [-0.15, -0.1) is 0 Å². The van der Waals surface area contributed by atoms with Crippen molar-refractivity contribution in [1.82, 2.24) is 4.98 Å². The van der Waals surface area contributed by atoms with Crippen LogP contribution < -0.4 is 10.6 Å². The van der Waals surface area contributed by atoms with Crippen LogP contribution >= 0.6 is 0 Å². The summed E-state index contributed by atoms with van der Waals surface area (Å²) in [6, 6.07) is 4.01. The summed E-state index contributed by atoms with van der Waals surface area (Å²) >= 11 is 0. The highest BCUT2D eigenvalue weighted by Crippen LogP contribution is 2.10. The van der Waals surface area contributed by atoms with Gasteiger partial charge < -0.3 is 10.6 Å². The molecule has 0 unspecified atom stereocenters. The average molecular weight is 193 g/mol. The Morgan fingerprint density at radius 2 is 2.14 bits per heavy atom. The van der Waals surface area contributed by atoms with Gasteiger partial charge in [-0.3, -0.25) is 4.79 Å². The van der Waals surface area contributed by atoms with Crippen molar-refractivity contribution in [2.45, 2.75) is 26.8 Å². The lowest BCUT2D eigenvalue weighted by Crippen LogP contribution is -2.11. The first-order valence-electron chi connectivity index (χ1n) is 4.58. The zero-order valence-corrected chi connectivity index (χ0v) is 8.66. The first-order chi connectivity index (χ1) is 6.58. The minimum Gasteiger partial charge on any atom is -0.368 e. The summed E-state index contributed by atoms with van der Waals surface area (Å²) in [5.41, 5.74) is 0.715. The molecular weight excluding hydrogens is 178 g/mol. The zero-order chi connectivity index (χ0) is 10.6. The fourth-order valence-electron chi connectivity index (χ4n) is 1.05. The van der Waals surface area contributed by atoms with Crippen LogP contribution in [-0.4, -0.2) is 16.9 Å². The Morgan fingerprint density at radius 1 is 1.43 bits per heavy atom. The molecule has 0 saturated heterocycles. The van der Waals surface area contributed by atoms with Crippen LogP contribution in [0.1, 0.15) is 20.8 Å². The fraction of sp³-hybridized carbons (Fsp3) is 0.400. The number of carbonyl (C=O) groups excluding carboxylic acids is 1. The molecule has 0 saturated carbocycles. The van der Waals surface area contributed by atoms with Crippen molar-refractivity contribution in [3.8, 4) is 0 Å². The predicted octanol–water partition coefficient (Wildman–Crippen LogP) is 1.86. The van der Waals surface area contributed by atoms with E-state index in [9.17, 15) is 4.79 Å². The third-order valence-electron chi connectivity index (χ3n) is 1.52. The Bertz CT molecular complexity index is 306. The standard InChI is InChI=1S/C10H15N3O/c1-7(2)12-10-5-4-9(6-11-10)13-8(3)14/h4-7H,1-3H3,(H,11,12)(H,13,14). The maximum absolute atomic E-state index is 10.7. The van der Waals surface area contributed by atoms with Gasteiger partial charge in [0.1, 0.15) is 5.82 Å². The maximum Gasteiger partial charge on any atom is 0.221 e. The molecule has 2 N–H and O–H groups in total. The third kappa shape index (κ3) is 3.43. The molecule has 1 aromatic rings. The van der Waals surface area contributed by atoms with Crippen molar-refractivity contribution >= 4 is 17.4 Å². The lowest BCUT2D eigenvalue weighted by Gasteiger charge is -2.09. The number of hydrogen-bond donors (Lipinski definition) is 2. The highest BCUT2D eigenvalue weighted by atomic mass is 16.1. The van der Waals surface area contributed by atoms with E-state index in [-0.39, 0.29) is 5.91 Å². The number of anilines is 2. The van der Waals surface area contributed by atoms with E-state index in [2.05, 4.69) is 15.6 Å². The first-order valence-corrected chi connectivity index (χ1v) is 4.58. The van der Waals surface area contributed by atoms with Gasteiger partial charge in [0.25, 0.3) is 0 Å². The lowest BCUT2D eigenvalue weighted by molar-refractivity contribution is -0.114. The molecule has 1 heterocycles. The summed E-state index contributed by atoms with van der Waals surface area (Å²) in [5.74, 6) is 0.727. The summed E-state index contributed by atoms with van der Waals surface area (Å²) in [5, 5.41) is 5.82. The summed E-state index contributed by atoms with van der Waals surface area (Å²) in [4.78, 5) is 14.9. The van der Waals surface area contributed by atoms with E-state index in [1.807, 2.05) is 26.0 Å². The van der Waals surface area contributed by atoms with Gasteiger partial charge in [-0.2, -0.15) is 0 Å². The van der Waals surface area contributed by atoms with Gasteiger partial charge in [0, 0.05) is 13.0 Å². The van der Waals surface area contributed by atoms with Crippen molar-refractivity contribution in [3.63, 3.8) is 0 Å². The number of amides is 1. The Kier molecular flexibility index (Phi) is 3.45. The van der Waals surface area contributed by atoms with Crippen LogP contribution in [0.25, 0.3) is 0 Å². The van der Waals surface area contributed by atoms with Crippen molar-refractivity contribution in [3.05, 3.63) is 18.3 Å². The molecule has 4 nitrogen and oxygen atoms in total. The number of nitrogens with zero attached hydrogens (tertiary/aromatic N) is 1. The highest BCUT2D eigenvalue weighted by molar-refractivity contribution is 5.88. The van der Waals surface area contributed by atoms with Crippen molar-refractivity contribution in [2.75, 3.05) is 10.6 Å². The van der Waals surface area contributed by atoms with Crippen molar-refractivity contribution in [1.29, 1.82) is 0 Å². The maximum atomic E-state index is 10.7. The number of rotatable bonds is 3. The predicted molar refractivity (Wildman–Crippen MR) is 57.3 cm³/mol. The summed E-state index contributed by atoms with van der Waals surface area (Å²) in [6.45, 7) is 5.56. The van der Waals surface area contributed by atoms with Crippen LogP contribution in [0.2, 0.25) is 0 Å². The van der Waals surface area contributed by atoms with E-state index in [1.54, 1.807) is 6.20 Å². The lowest BCUT2D eigenvalue weighted by atomic mass is 10.3. The molecule has 4 heteroatoms. The van der Waals surface area contributed by atoms with Gasteiger partial charge in [0.05, 0.1) is 11.9 Å². The minimum absolute atomic E-state index is 0.0867. The second kappa shape index (κ2) is 4.60. The molecule has 0 aliphatic carbocycles.